The lowest BCUT2D eigenvalue weighted by atomic mass is 10.0. The van der Waals surface area contributed by atoms with Crippen molar-refractivity contribution >= 4 is 46.4 Å². The number of hydrogen-bond donors (Lipinski definition) is 3. The minimum Gasteiger partial charge on any atom is -0.445 e. The van der Waals surface area contributed by atoms with Gasteiger partial charge in [-0.25, -0.2) is 24.1 Å². The van der Waals surface area contributed by atoms with E-state index < -0.39 is 35.4 Å². The second-order valence-electron chi connectivity index (χ2n) is 15.6. The molecule has 0 unspecified atom stereocenters. The van der Waals surface area contributed by atoms with Crippen LogP contribution >= 0.6 is 0 Å². The molecule has 3 heterocycles. The molecule has 1 fully saturated rings. The Labute approximate surface area is 362 Å². The molecule has 0 saturated carbocycles. The number of piperazine rings is 1. The zero-order valence-corrected chi connectivity index (χ0v) is 35.2. The Morgan fingerprint density at radius 1 is 0.857 bits per heavy atom. The van der Waals surface area contributed by atoms with Gasteiger partial charge in [0, 0.05) is 57.3 Å². The van der Waals surface area contributed by atoms with Crippen molar-refractivity contribution in [2.45, 2.75) is 39.4 Å². The van der Waals surface area contributed by atoms with E-state index in [1.54, 1.807) is 69.3 Å². The lowest BCUT2D eigenvalue weighted by molar-refractivity contribution is -0.133. The molecule has 330 valence electrons. The number of nitrogens with zero attached hydrogens (tertiary/aromatic N) is 5. The van der Waals surface area contributed by atoms with Crippen molar-refractivity contribution in [3.63, 3.8) is 0 Å². The van der Waals surface area contributed by atoms with Crippen LogP contribution < -0.4 is 16.2 Å². The number of anilines is 1. The minimum absolute atomic E-state index is 0.0000258. The monoisotopic (exact) mass is 864 g/mol. The summed E-state index contributed by atoms with van der Waals surface area (Å²) in [6.07, 6.45) is 0.185. The molecule has 17 nitrogen and oxygen atoms in total. The SMILES string of the molecule is CC(C)(C)OC(=O)Nc1cccnc1C(=O)NCCOCCN(CC(=O)N1CCN(C(=O)c2cc(Cc3n[nH]c(=O)c4ccccc34)ccc2F)CC1)C(=O)OCc1ccccc1. The van der Waals surface area contributed by atoms with Crippen molar-refractivity contribution in [2.24, 2.45) is 0 Å². The Morgan fingerprint density at radius 2 is 1.57 bits per heavy atom. The van der Waals surface area contributed by atoms with Gasteiger partial charge in [0.15, 0.2) is 5.69 Å². The Balaban J connectivity index is 1.01. The fourth-order valence-electron chi connectivity index (χ4n) is 6.68. The average molecular weight is 865 g/mol. The van der Waals surface area contributed by atoms with Crippen molar-refractivity contribution < 1.29 is 42.6 Å². The normalized spacial score (nSPS) is 12.7. The summed E-state index contributed by atoms with van der Waals surface area (Å²) in [5.74, 6) is -2.16. The van der Waals surface area contributed by atoms with Gasteiger partial charge in [-0.15, -0.1) is 0 Å². The molecule has 0 aliphatic carbocycles. The summed E-state index contributed by atoms with van der Waals surface area (Å²) in [4.78, 5) is 86.3. The number of ether oxygens (including phenoxy) is 3. The third kappa shape index (κ3) is 12.7. The molecule has 3 N–H and O–H groups in total. The van der Waals surface area contributed by atoms with Gasteiger partial charge in [-0.1, -0.05) is 54.6 Å². The van der Waals surface area contributed by atoms with E-state index in [-0.39, 0.29) is 100 Å². The maximum Gasteiger partial charge on any atom is 0.412 e. The molecule has 5 aromatic rings. The van der Waals surface area contributed by atoms with Crippen LogP contribution in [0.1, 0.15) is 58.4 Å². The van der Waals surface area contributed by atoms with Crippen molar-refractivity contribution in [3.8, 4) is 0 Å². The molecule has 5 amide bonds. The molecule has 2 aromatic heterocycles. The summed E-state index contributed by atoms with van der Waals surface area (Å²) in [5.41, 5.74) is 0.910. The van der Waals surface area contributed by atoms with Crippen LogP contribution in [0.15, 0.2) is 95.9 Å². The highest BCUT2D eigenvalue weighted by Crippen LogP contribution is 2.21. The first kappa shape index (κ1) is 45.3. The second kappa shape index (κ2) is 21.0. The fraction of sp³-hybridized carbons (Fsp3) is 0.333. The van der Waals surface area contributed by atoms with Gasteiger partial charge in [0.2, 0.25) is 5.91 Å². The molecule has 0 radical (unpaired) electrons. The average Bonchev–Trinajstić information content (AvgIpc) is 3.27. The van der Waals surface area contributed by atoms with Crippen molar-refractivity contribution in [1.82, 2.24) is 35.2 Å². The molecule has 0 spiro atoms. The van der Waals surface area contributed by atoms with E-state index in [9.17, 15) is 28.8 Å². The second-order valence-corrected chi connectivity index (χ2v) is 15.6. The van der Waals surface area contributed by atoms with Gasteiger partial charge in [-0.2, -0.15) is 5.10 Å². The predicted molar refractivity (Wildman–Crippen MR) is 229 cm³/mol. The summed E-state index contributed by atoms with van der Waals surface area (Å²) >= 11 is 0. The highest BCUT2D eigenvalue weighted by atomic mass is 19.1. The summed E-state index contributed by atoms with van der Waals surface area (Å²) < 4.78 is 31.6. The molecule has 1 aliphatic rings. The molecule has 0 bridgehead atoms. The molecule has 1 aliphatic heterocycles. The van der Waals surface area contributed by atoms with Crippen LogP contribution in [-0.4, -0.2) is 124 Å². The summed E-state index contributed by atoms with van der Waals surface area (Å²) in [5, 5.41) is 13.0. The zero-order valence-electron chi connectivity index (χ0n) is 35.2. The molecule has 6 rings (SSSR count). The van der Waals surface area contributed by atoms with Gasteiger partial charge < -0.3 is 29.3 Å². The van der Waals surface area contributed by atoms with Crippen molar-refractivity contribution in [2.75, 3.05) is 64.3 Å². The molecular weight excluding hydrogens is 816 g/mol. The zero-order chi connectivity index (χ0) is 44.9. The number of carbonyl (C=O) groups is 5. The number of rotatable bonds is 15. The number of nitrogens with one attached hydrogen (secondary N) is 3. The van der Waals surface area contributed by atoms with Gasteiger partial charge in [0.1, 0.15) is 24.6 Å². The molecule has 1 saturated heterocycles. The van der Waals surface area contributed by atoms with Crippen molar-refractivity contribution in [3.05, 3.63) is 135 Å². The predicted octanol–water partition coefficient (Wildman–Crippen LogP) is 4.76. The topological polar surface area (TPSA) is 205 Å². The van der Waals surface area contributed by atoms with E-state index in [1.165, 1.54) is 39.1 Å². The van der Waals surface area contributed by atoms with Gasteiger partial charge in [0.05, 0.1) is 35.5 Å². The first-order chi connectivity index (χ1) is 30.3. The van der Waals surface area contributed by atoms with Crippen LogP contribution in [0.3, 0.4) is 0 Å². The van der Waals surface area contributed by atoms with Gasteiger partial charge in [-0.3, -0.25) is 29.4 Å². The lowest BCUT2D eigenvalue weighted by Gasteiger charge is -2.36. The number of amides is 5. The van der Waals surface area contributed by atoms with E-state index in [0.717, 1.165) is 5.56 Å². The quantitative estimate of drug-likeness (QED) is 0.122. The van der Waals surface area contributed by atoms with Crippen molar-refractivity contribution in [1.29, 1.82) is 0 Å². The molecule has 0 atom stereocenters. The highest BCUT2D eigenvalue weighted by molar-refractivity contribution is 6.01. The van der Waals surface area contributed by atoms with Crippen LogP contribution in [0, 0.1) is 5.82 Å². The number of carbonyl (C=O) groups excluding carboxylic acids is 5. The number of hydrogen-bond acceptors (Lipinski definition) is 11. The summed E-state index contributed by atoms with van der Waals surface area (Å²) in [7, 11) is 0. The number of benzene rings is 3. The van der Waals surface area contributed by atoms with E-state index in [0.29, 0.717) is 22.0 Å². The fourth-order valence-corrected chi connectivity index (χ4v) is 6.68. The van der Waals surface area contributed by atoms with Crippen LogP contribution in [0.25, 0.3) is 10.8 Å². The first-order valence-electron chi connectivity index (χ1n) is 20.3. The standard InChI is InChI=1S/C45H49FN8O9/c1-45(2,3)63-43(59)49-36-14-9-17-47-39(36)41(57)48-18-24-61-25-23-54(44(60)62-29-30-10-5-4-6-11-30)28-38(55)52-19-21-53(22-20-52)42(58)34-26-31(15-16-35(34)46)27-37-32-12-7-8-13-33(32)40(56)51-50-37/h4-17,26H,18-25,27-29H2,1-3H3,(H,48,57)(H,49,59)(H,51,56). The minimum atomic E-state index is -0.742. The van der Waals surface area contributed by atoms with Gasteiger partial charge >= 0.3 is 12.2 Å². The first-order valence-corrected chi connectivity index (χ1v) is 20.3. The Hall–Kier alpha value is -7.21. The van der Waals surface area contributed by atoms with E-state index in [2.05, 4.69) is 25.8 Å². The van der Waals surface area contributed by atoms with Crippen LogP contribution in [0.2, 0.25) is 0 Å². The van der Waals surface area contributed by atoms with Crippen LogP contribution in [0.4, 0.5) is 19.7 Å². The Kier molecular flexibility index (Phi) is 15.1. The van der Waals surface area contributed by atoms with Gasteiger partial charge in [-0.05, 0) is 62.2 Å². The molecular formula is C45H49FN8O9. The lowest BCUT2D eigenvalue weighted by Crippen LogP contribution is -2.53. The van der Waals surface area contributed by atoms with E-state index in [1.807, 2.05) is 18.2 Å². The number of aromatic nitrogens is 3. The number of halogens is 1. The molecule has 63 heavy (non-hydrogen) atoms. The Bertz CT molecular complexity index is 2490. The maximum atomic E-state index is 15.1. The summed E-state index contributed by atoms with van der Waals surface area (Å²) in [6.45, 7) is 5.45. The molecule has 18 heteroatoms. The summed E-state index contributed by atoms with van der Waals surface area (Å²) in [6, 6.07) is 23.5. The smallest absolute Gasteiger partial charge is 0.412 e. The third-order valence-electron chi connectivity index (χ3n) is 9.81. The van der Waals surface area contributed by atoms with E-state index >= 15 is 4.39 Å². The van der Waals surface area contributed by atoms with E-state index in [4.69, 9.17) is 14.2 Å². The van der Waals surface area contributed by atoms with Crippen LogP contribution in [0.5, 0.6) is 0 Å². The Morgan fingerprint density at radius 3 is 2.32 bits per heavy atom. The number of fused-ring (bicyclic) bond motifs is 1. The number of H-pyrrole nitrogens is 1. The van der Waals surface area contributed by atoms with Gasteiger partial charge in [0.25, 0.3) is 17.4 Å². The van der Waals surface area contributed by atoms with Crippen LogP contribution in [-0.2, 0) is 32.0 Å². The maximum absolute atomic E-state index is 15.1. The number of pyridine rings is 1. The largest absolute Gasteiger partial charge is 0.445 e. The third-order valence-corrected chi connectivity index (χ3v) is 9.81. The molecule has 3 aromatic carbocycles. The highest BCUT2D eigenvalue weighted by Gasteiger charge is 2.29. The number of aromatic amines is 1.